The lowest BCUT2D eigenvalue weighted by atomic mass is 9.56. The van der Waals surface area contributed by atoms with E-state index >= 15 is 0 Å². The molecule has 4 saturated carbocycles. The molecule has 4 rings (SSSR count). The number of fused-ring (bicyclic) bond motifs is 2. The third-order valence-electron chi connectivity index (χ3n) is 4.60. The van der Waals surface area contributed by atoms with E-state index in [0.29, 0.717) is 5.78 Å². The second-order valence-corrected chi connectivity index (χ2v) is 5.01. The maximum Gasteiger partial charge on any atom is 0.139 e. The summed E-state index contributed by atoms with van der Waals surface area (Å²) in [6.07, 6.45) is 8.79. The molecular weight excluding hydrogens is 148 g/mol. The molecule has 4 aliphatic rings. The van der Waals surface area contributed by atoms with Gasteiger partial charge in [0.2, 0.25) is 0 Å². The monoisotopic (exact) mass is 164 g/mol. The van der Waals surface area contributed by atoms with Crippen LogP contribution in [0.25, 0.3) is 0 Å². The number of carbonyl (C=O) groups excluding carboxylic acids is 1. The van der Waals surface area contributed by atoms with Gasteiger partial charge in [0.15, 0.2) is 0 Å². The van der Waals surface area contributed by atoms with Crippen LogP contribution in [0.15, 0.2) is 0 Å². The van der Waals surface area contributed by atoms with Crippen molar-refractivity contribution in [1.82, 2.24) is 0 Å². The van der Waals surface area contributed by atoms with Crippen LogP contribution in [0, 0.1) is 17.3 Å². The topological polar surface area (TPSA) is 17.1 Å². The van der Waals surface area contributed by atoms with Crippen molar-refractivity contribution in [3.05, 3.63) is 0 Å². The van der Waals surface area contributed by atoms with E-state index in [9.17, 15) is 4.79 Å². The van der Waals surface area contributed by atoms with Gasteiger partial charge in [-0.25, -0.2) is 0 Å². The van der Waals surface area contributed by atoms with E-state index in [1.54, 1.807) is 0 Å². The Bertz CT molecular complexity index is 233. The summed E-state index contributed by atoms with van der Waals surface area (Å²) < 4.78 is 0. The third-order valence-corrected chi connectivity index (χ3v) is 4.60. The highest BCUT2D eigenvalue weighted by atomic mass is 16.1. The molecule has 12 heavy (non-hydrogen) atoms. The molecular formula is C11H16O. The summed E-state index contributed by atoms with van der Waals surface area (Å²) >= 11 is 0. The fourth-order valence-electron chi connectivity index (χ4n) is 3.96. The zero-order valence-corrected chi connectivity index (χ0v) is 7.51. The summed E-state index contributed by atoms with van der Waals surface area (Å²) in [5.41, 5.74) is 0.217. The molecule has 0 aliphatic heterocycles. The van der Waals surface area contributed by atoms with E-state index in [1.165, 1.54) is 38.5 Å². The van der Waals surface area contributed by atoms with Gasteiger partial charge in [-0.2, -0.15) is 0 Å². The van der Waals surface area contributed by atoms with Crippen molar-refractivity contribution < 1.29 is 4.79 Å². The standard InChI is InChI=1S/C11H16O/c12-10-7-8-3-5-11(10)4-1-2-9(11)6-8/h8-9H,1-7H2. The molecule has 0 aromatic carbocycles. The van der Waals surface area contributed by atoms with E-state index in [4.69, 9.17) is 0 Å². The molecule has 1 spiro atoms. The van der Waals surface area contributed by atoms with Crippen molar-refractivity contribution in [2.24, 2.45) is 17.3 Å². The maximum absolute atomic E-state index is 11.9. The van der Waals surface area contributed by atoms with E-state index < -0.39 is 0 Å². The van der Waals surface area contributed by atoms with Crippen LogP contribution in [0.4, 0.5) is 0 Å². The highest BCUT2D eigenvalue weighted by Crippen LogP contribution is 2.59. The van der Waals surface area contributed by atoms with E-state index in [-0.39, 0.29) is 5.41 Å². The number of carbonyl (C=O) groups is 1. The number of ketones is 1. The molecule has 1 heteroatoms. The van der Waals surface area contributed by atoms with Gasteiger partial charge in [0, 0.05) is 11.8 Å². The second-order valence-electron chi connectivity index (χ2n) is 5.01. The van der Waals surface area contributed by atoms with E-state index in [0.717, 1.165) is 18.3 Å². The number of Topliss-reactive ketones (excluding diaryl/α,β-unsaturated/α-hetero) is 1. The highest BCUT2D eigenvalue weighted by Gasteiger charge is 2.55. The first-order chi connectivity index (χ1) is 5.81. The Kier molecular flexibility index (Phi) is 1.26. The predicted octanol–water partition coefficient (Wildman–Crippen LogP) is 2.55. The van der Waals surface area contributed by atoms with Crippen LogP contribution >= 0.6 is 0 Å². The first-order valence-electron chi connectivity index (χ1n) is 5.34. The average Bonchev–Trinajstić information content (AvgIpc) is 2.47. The van der Waals surface area contributed by atoms with Crippen LogP contribution in [-0.4, -0.2) is 5.78 Å². The molecule has 0 heterocycles. The summed E-state index contributed by atoms with van der Waals surface area (Å²) in [4.78, 5) is 11.9. The SMILES string of the molecule is O=C1CC2CCC13CCCC3C2. The van der Waals surface area contributed by atoms with Gasteiger partial charge < -0.3 is 0 Å². The molecule has 4 fully saturated rings. The summed E-state index contributed by atoms with van der Waals surface area (Å²) in [5.74, 6) is 2.22. The van der Waals surface area contributed by atoms with Crippen LogP contribution in [0.1, 0.15) is 44.9 Å². The van der Waals surface area contributed by atoms with Crippen molar-refractivity contribution in [3.8, 4) is 0 Å². The fraction of sp³-hybridized carbons (Fsp3) is 0.909. The van der Waals surface area contributed by atoms with Crippen molar-refractivity contribution in [1.29, 1.82) is 0 Å². The Labute approximate surface area is 73.5 Å². The summed E-state index contributed by atoms with van der Waals surface area (Å²) in [7, 11) is 0. The average molecular weight is 164 g/mol. The Hall–Kier alpha value is -0.330. The van der Waals surface area contributed by atoms with Crippen molar-refractivity contribution in [2.45, 2.75) is 44.9 Å². The molecule has 0 saturated heterocycles. The lowest BCUT2D eigenvalue weighted by molar-refractivity contribution is -0.141. The quantitative estimate of drug-likeness (QED) is 0.537. The van der Waals surface area contributed by atoms with Crippen LogP contribution in [0.2, 0.25) is 0 Å². The van der Waals surface area contributed by atoms with E-state index in [1.807, 2.05) is 0 Å². The van der Waals surface area contributed by atoms with Crippen LogP contribution in [0.5, 0.6) is 0 Å². The predicted molar refractivity (Wildman–Crippen MR) is 46.7 cm³/mol. The molecule has 0 aromatic rings. The van der Waals surface area contributed by atoms with Crippen molar-refractivity contribution >= 4 is 5.78 Å². The van der Waals surface area contributed by atoms with Gasteiger partial charge in [-0.3, -0.25) is 4.79 Å². The molecule has 0 amide bonds. The van der Waals surface area contributed by atoms with Crippen LogP contribution in [-0.2, 0) is 4.79 Å². The smallest absolute Gasteiger partial charge is 0.139 e. The van der Waals surface area contributed by atoms with Gasteiger partial charge in [0.1, 0.15) is 5.78 Å². The molecule has 0 aromatic heterocycles. The normalized spacial score (nSPS) is 51.2. The first-order valence-corrected chi connectivity index (χ1v) is 5.34. The van der Waals surface area contributed by atoms with Crippen molar-refractivity contribution in [2.75, 3.05) is 0 Å². The van der Waals surface area contributed by atoms with E-state index in [2.05, 4.69) is 0 Å². The van der Waals surface area contributed by atoms with Gasteiger partial charge in [0.05, 0.1) is 0 Å². The zero-order valence-electron chi connectivity index (χ0n) is 7.51. The molecule has 2 bridgehead atoms. The third kappa shape index (κ3) is 0.681. The Morgan fingerprint density at radius 1 is 1.25 bits per heavy atom. The maximum atomic E-state index is 11.9. The lowest BCUT2D eigenvalue weighted by Gasteiger charge is -2.47. The number of hydrogen-bond acceptors (Lipinski definition) is 1. The van der Waals surface area contributed by atoms with Gasteiger partial charge in [-0.05, 0) is 43.9 Å². The Balaban J connectivity index is 2.03. The Morgan fingerprint density at radius 2 is 2.17 bits per heavy atom. The fourth-order valence-corrected chi connectivity index (χ4v) is 3.96. The van der Waals surface area contributed by atoms with Crippen LogP contribution in [0.3, 0.4) is 0 Å². The minimum absolute atomic E-state index is 0.217. The minimum Gasteiger partial charge on any atom is -0.299 e. The molecule has 0 N–H and O–H groups in total. The summed E-state index contributed by atoms with van der Waals surface area (Å²) in [5, 5.41) is 0. The zero-order chi connectivity index (χ0) is 8.18. The van der Waals surface area contributed by atoms with Gasteiger partial charge in [-0.15, -0.1) is 0 Å². The number of rotatable bonds is 0. The minimum atomic E-state index is 0.217. The lowest BCUT2D eigenvalue weighted by Crippen LogP contribution is -2.46. The highest BCUT2D eigenvalue weighted by molar-refractivity contribution is 5.87. The number of hydrogen-bond donors (Lipinski definition) is 0. The molecule has 0 radical (unpaired) electrons. The van der Waals surface area contributed by atoms with Gasteiger partial charge in [0.25, 0.3) is 0 Å². The molecule has 66 valence electrons. The van der Waals surface area contributed by atoms with Gasteiger partial charge >= 0.3 is 0 Å². The summed E-state index contributed by atoms with van der Waals surface area (Å²) in [6, 6.07) is 0. The first kappa shape index (κ1) is 7.11. The molecule has 3 unspecified atom stereocenters. The molecule has 3 atom stereocenters. The van der Waals surface area contributed by atoms with Gasteiger partial charge in [-0.1, -0.05) is 6.42 Å². The molecule has 4 aliphatic carbocycles. The second kappa shape index (κ2) is 2.12. The largest absolute Gasteiger partial charge is 0.299 e. The Morgan fingerprint density at radius 3 is 2.92 bits per heavy atom. The molecule has 1 nitrogen and oxygen atoms in total. The van der Waals surface area contributed by atoms with Crippen molar-refractivity contribution in [3.63, 3.8) is 0 Å². The summed E-state index contributed by atoms with van der Waals surface area (Å²) in [6.45, 7) is 0. The van der Waals surface area contributed by atoms with Crippen LogP contribution < -0.4 is 0 Å².